The third kappa shape index (κ3) is 3.67. The fraction of sp³-hybridized carbons (Fsp3) is 0.750. The zero-order chi connectivity index (χ0) is 11.3. The predicted octanol–water partition coefficient (Wildman–Crippen LogP) is 1.51. The zero-order valence-corrected chi connectivity index (χ0v) is 10.1. The average Bonchev–Trinajstić information content (AvgIpc) is 2.26. The molecule has 1 saturated heterocycles. The van der Waals surface area contributed by atoms with Crippen LogP contribution in [0.4, 0.5) is 0 Å². The Hall–Kier alpha value is -0.830. The van der Waals surface area contributed by atoms with Crippen molar-refractivity contribution in [3.05, 3.63) is 12.2 Å². The Labute approximate surface area is 92.7 Å². The van der Waals surface area contributed by atoms with Crippen molar-refractivity contribution in [1.82, 2.24) is 9.80 Å². The highest BCUT2D eigenvalue weighted by molar-refractivity contribution is 5.87. The smallest absolute Gasteiger partial charge is 0.246 e. The number of hydrogen-bond acceptors (Lipinski definition) is 2. The molecule has 0 aromatic rings. The quantitative estimate of drug-likeness (QED) is 0.659. The van der Waals surface area contributed by atoms with Crippen LogP contribution in [0.3, 0.4) is 0 Å². The molecule has 86 valence electrons. The van der Waals surface area contributed by atoms with Gasteiger partial charge in [0.05, 0.1) is 0 Å². The largest absolute Gasteiger partial charge is 0.337 e. The van der Waals surface area contributed by atoms with Crippen molar-refractivity contribution in [2.45, 2.75) is 33.2 Å². The van der Waals surface area contributed by atoms with Gasteiger partial charge in [0.15, 0.2) is 0 Å². The standard InChI is InChI=1S/C12H22N2O/c1-4-5-6-12(15)14-9-7-13(8-10-14)11(2)3/h5-6,11H,4,7-10H2,1-3H3/b6-5+. The summed E-state index contributed by atoms with van der Waals surface area (Å²) in [7, 11) is 0. The highest BCUT2D eigenvalue weighted by atomic mass is 16.2. The first kappa shape index (κ1) is 12.2. The maximum Gasteiger partial charge on any atom is 0.246 e. The lowest BCUT2D eigenvalue weighted by Gasteiger charge is -2.36. The number of hydrogen-bond donors (Lipinski definition) is 0. The molecule has 1 heterocycles. The molecule has 15 heavy (non-hydrogen) atoms. The van der Waals surface area contributed by atoms with E-state index in [0.717, 1.165) is 32.6 Å². The van der Waals surface area contributed by atoms with Crippen LogP contribution in [0, 0.1) is 0 Å². The second-order valence-electron chi connectivity index (χ2n) is 4.27. The van der Waals surface area contributed by atoms with Gasteiger partial charge in [-0.1, -0.05) is 13.0 Å². The van der Waals surface area contributed by atoms with E-state index in [1.807, 2.05) is 17.9 Å². The number of nitrogens with zero attached hydrogens (tertiary/aromatic N) is 2. The van der Waals surface area contributed by atoms with Crippen molar-refractivity contribution < 1.29 is 4.79 Å². The molecule has 0 aromatic carbocycles. The molecule has 3 nitrogen and oxygen atoms in total. The fourth-order valence-corrected chi connectivity index (χ4v) is 1.78. The summed E-state index contributed by atoms with van der Waals surface area (Å²) in [6.45, 7) is 10.2. The van der Waals surface area contributed by atoms with Gasteiger partial charge < -0.3 is 4.90 Å². The first-order valence-corrected chi connectivity index (χ1v) is 5.84. The van der Waals surface area contributed by atoms with Crippen LogP contribution in [-0.2, 0) is 4.79 Å². The van der Waals surface area contributed by atoms with E-state index in [9.17, 15) is 4.79 Å². The van der Waals surface area contributed by atoms with Gasteiger partial charge in [-0.3, -0.25) is 9.69 Å². The molecule has 1 rings (SSSR count). The Bertz CT molecular complexity index is 228. The Balaban J connectivity index is 2.37. The van der Waals surface area contributed by atoms with E-state index < -0.39 is 0 Å². The van der Waals surface area contributed by atoms with Gasteiger partial charge in [-0.15, -0.1) is 0 Å². The molecular weight excluding hydrogens is 188 g/mol. The number of amides is 1. The van der Waals surface area contributed by atoms with Crippen LogP contribution in [-0.4, -0.2) is 47.9 Å². The van der Waals surface area contributed by atoms with E-state index >= 15 is 0 Å². The molecule has 1 amide bonds. The monoisotopic (exact) mass is 210 g/mol. The molecule has 0 aromatic heterocycles. The number of rotatable bonds is 3. The van der Waals surface area contributed by atoms with Gasteiger partial charge in [0.25, 0.3) is 0 Å². The number of piperazine rings is 1. The topological polar surface area (TPSA) is 23.6 Å². The van der Waals surface area contributed by atoms with Crippen LogP contribution in [0.25, 0.3) is 0 Å². The maximum atomic E-state index is 11.7. The minimum Gasteiger partial charge on any atom is -0.337 e. The molecule has 0 saturated carbocycles. The first-order valence-electron chi connectivity index (χ1n) is 5.84. The first-order chi connectivity index (χ1) is 7.15. The van der Waals surface area contributed by atoms with Gasteiger partial charge in [-0.25, -0.2) is 0 Å². The van der Waals surface area contributed by atoms with Crippen LogP contribution in [0.1, 0.15) is 27.2 Å². The average molecular weight is 210 g/mol. The van der Waals surface area contributed by atoms with E-state index in [1.165, 1.54) is 0 Å². The summed E-state index contributed by atoms with van der Waals surface area (Å²) in [6.07, 6.45) is 4.56. The lowest BCUT2D eigenvalue weighted by Crippen LogP contribution is -2.50. The SMILES string of the molecule is CC/C=C/C(=O)N1CCN(C(C)C)CC1. The molecule has 1 fully saturated rings. The van der Waals surface area contributed by atoms with E-state index in [4.69, 9.17) is 0 Å². The summed E-state index contributed by atoms with van der Waals surface area (Å²) < 4.78 is 0. The second-order valence-corrected chi connectivity index (χ2v) is 4.27. The maximum absolute atomic E-state index is 11.7. The van der Waals surface area contributed by atoms with Crippen LogP contribution >= 0.6 is 0 Å². The molecule has 0 N–H and O–H groups in total. The fourth-order valence-electron chi connectivity index (χ4n) is 1.78. The van der Waals surface area contributed by atoms with Gasteiger partial charge in [-0.05, 0) is 26.3 Å². The minimum atomic E-state index is 0.167. The van der Waals surface area contributed by atoms with Gasteiger partial charge in [0.1, 0.15) is 0 Å². The zero-order valence-electron chi connectivity index (χ0n) is 10.1. The van der Waals surface area contributed by atoms with Crippen molar-refractivity contribution in [3.63, 3.8) is 0 Å². The molecule has 0 aliphatic carbocycles. The molecule has 3 heteroatoms. The van der Waals surface area contributed by atoms with Crippen LogP contribution in [0.5, 0.6) is 0 Å². The molecule has 0 spiro atoms. The Morgan fingerprint density at radius 2 is 1.87 bits per heavy atom. The van der Waals surface area contributed by atoms with Gasteiger partial charge in [0, 0.05) is 32.2 Å². The molecule has 0 unspecified atom stereocenters. The summed E-state index contributed by atoms with van der Waals surface area (Å²) >= 11 is 0. The van der Waals surface area contributed by atoms with Gasteiger partial charge in [-0.2, -0.15) is 0 Å². The Morgan fingerprint density at radius 1 is 1.27 bits per heavy atom. The molecule has 1 aliphatic heterocycles. The molecule has 0 radical (unpaired) electrons. The van der Waals surface area contributed by atoms with Crippen molar-refractivity contribution >= 4 is 5.91 Å². The Morgan fingerprint density at radius 3 is 2.33 bits per heavy atom. The lowest BCUT2D eigenvalue weighted by atomic mass is 10.2. The van der Waals surface area contributed by atoms with Gasteiger partial charge >= 0.3 is 0 Å². The van der Waals surface area contributed by atoms with E-state index in [0.29, 0.717) is 6.04 Å². The summed E-state index contributed by atoms with van der Waals surface area (Å²) in [4.78, 5) is 16.0. The molecular formula is C12H22N2O. The highest BCUT2D eigenvalue weighted by Crippen LogP contribution is 2.06. The van der Waals surface area contributed by atoms with Crippen molar-refractivity contribution in [2.75, 3.05) is 26.2 Å². The van der Waals surface area contributed by atoms with Crippen molar-refractivity contribution in [2.24, 2.45) is 0 Å². The van der Waals surface area contributed by atoms with Gasteiger partial charge in [0.2, 0.25) is 5.91 Å². The summed E-state index contributed by atoms with van der Waals surface area (Å²) in [5, 5.41) is 0. The second kappa shape index (κ2) is 5.91. The molecule has 0 bridgehead atoms. The van der Waals surface area contributed by atoms with E-state index in [2.05, 4.69) is 18.7 Å². The predicted molar refractivity (Wildman–Crippen MR) is 62.7 cm³/mol. The summed E-state index contributed by atoms with van der Waals surface area (Å²) in [5.74, 6) is 0.167. The third-order valence-corrected chi connectivity index (χ3v) is 2.85. The molecule has 1 aliphatic rings. The van der Waals surface area contributed by atoms with Crippen LogP contribution in [0.2, 0.25) is 0 Å². The lowest BCUT2D eigenvalue weighted by molar-refractivity contribution is -0.128. The highest BCUT2D eigenvalue weighted by Gasteiger charge is 2.20. The van der Waals surface area contributed by atoms with Crippen LogP contribution < -0.4 is 0 Å². The third-order valence-electron chi connectivity index (χ3n) is 2.85. The minimum absolute atomic E-state index is 0.167. The Kier molecular flexibility index (Phi) is 4.82. The van der Waals surface area contributed by atoms with E-state index in [1.54, 1.807) is 6.08 Å². The van der Waals surface area contributed by atoms with Crippen LogP contribution in [0.15, 0.2) is 12.2 Å². The van der Waals surface area contributed by atoms with E-state index in [-0.39, 0.29) is 5.91 Å². The number of carbonyl (C=O) groups is 1. The number of carbonyl (C=O) groups excluding carboxylic acids is 1. The van der Waals surface area contributed by atoms with Crippen molar-refractivity contribution in [3.8, 4) is 0 Å². The van der Waals surface area contributed by atoms with Crippen molar-refractivity contribution in [1.29, 1.82) is 0 Å². The molecule has 0 atom stereocenters. The summed E-state index contributed by atoms with van der Waals surface area (Å²) in [5.41, 5.74) is 0. The normalized spacial score (nSPS) is 19.1. The number of allylic oxidation sites excluding steroid dienone is 1. The summed E-state index contributed by atoms with van der Waals surface area (Å²) in [6, 6.07) is 0.591.